The van der Waals surface area contributed by atoms with Crippen LogP contribution in [0.25, 0.3) is 0 Å². The molecule has 0 bridgehead atoms. The predicted octanol–water partition coefficient (Wildman–Crippen LogP) is 1.54. The third-order valence-electron chi connectivity index (χ3n) is 4.16. The molecule has 1 fully saturated rings. The molecule has 0 saturated carbocycles. The van der Waals surface area contributed by atoms with Gasteiger partial charge in [-0.2, -0.15) is 5.10 Å². The number of rotatable bonds is 3. The maximum atomic E-state index is 12.6. The molecule has 0 radical (unpaired) electrons. The van der Waals surface area contributed by atoms with Gasteiger partial charge in [0.1, 0.15) is 17.8 Å². The topological polar surface area (TPSA) is 75.9 Å². The second-order valence-electron chi connectivity index (χ2n) is 6.05. The molecule has 7 heteroatoms. The Bertz CT molecular complexity index is 702. The first kappa shape index (κ1) is 15.5. The number of carbonyl (C=O) groups excluding carboxylic acids is 1. The molecule has 122 valence electrons. The van der Waals surface area contributed by atoms with Gasteiger partial charge in [0, 0.05) is 37.9 Å². The molecule has 0 aliphatic carbocycles. The van der Waals surface area contributed by atoms with Gasteiger partial charge in [0.15, 0.2) is 0 Å². The average Bonchev–Trinajstić information content (AvgIpc) is 2.86. The summed E-state index contributed by atoms with van der Waals surface area (Å²) in [5.74, 6) is 0.911. The number of amides is 1. The summed E-state index contributed by atoms with van der Waals surface area (Å²) < 4.78 is 1.66. The molecule has 0 atom stereocenters. The van der Waals surface area contributed by atoms with E-state index in [4.69, 9.17) is 0 Å². The predicted molar refractivity (Wildman–Crippen MR) is 87.3 cm³/mol. The van der Waals surface area contributed by atoms with Gasteiger partial charge in [-0.25, -0.2) is 9.97 Å². The molecule has 1 N–H and O–H groups in total. The van der Waals surface area contributed by atoms with Crippen molar-refractivity contribution in [2.45, 2.75) is 32.7 Å². The smallest absolute Gasteiger partial charge is 0.272 e. The third kappa shape index (κ3) is 3.49. The fourth-order valence-electron chi connectivity index (χ4n) is 2.94. The normalized spacial score (nSPS) is 15.7. The first-order valence-corrected chi connectivity index (χ1v) is 7.88. The molecule has 1 amide bonds. The lowest BCUT2D eigenvalue weighted by atomic mass is 10.0. The first-order chi connectivity index (χ1) is 11.0. The van der Waals surface area contributed by atoms with Crippen molar-refractivity contribution in [1.29, 1.82) is 0 Å². The monoisotopic (exact) mass is 314 g/mol. The van der Waals surface area contributed by atoms with E-state index in [1.807, 2.05) is 37.9 Å². The Kier molecular flexibility index (Phi) is 4.27. The lowest BCUT2D eigenvalue weighted by molar-refractivity contribution is 0.0707. The van der Waals surface area contributed by atoms with E-state index in [0.29, 0.717) is 11.7 Å². The Labute approximate surface area is 135 Å². The van der Waals surface area contributed by atoms with E-state index in [1.165, 1.54) is 0 Å². The summed E-state index contributed by atoms with van der Waals surface area (Å²) in [4.78, 5) is 22.8. The molecule has 1 aliphatic rings. The van der Waals surface area contributed by atoms with Gasteiger partial charge in [-0.3, -0.25) is 9.48 Å². The van der Waals surface area contributed by atoms with Gasteiger partial charge in [0.25, 0.3) is 5.91 Å². The Morgan fingerprint density at radius 3 is 2.52 bits per heavy atom. The molecule has 1 saturated heterocycles. The number of piperidine rings is 1. The fourth-order valence-corrected chi connectivity index (χ4v) is 2.94. The van der Waals surface area contributed by atoms with Crippen molar-refractivity contribution < 1.29 is 4.79 Å². The number of carbonyl (C=O) groups is 1. The molecule has 1 aliphatic heterocycles. The van der Waals surface area contributed by atoms with E-state index in [9.17, 15) is 4.79 Å². The summed E-state index contributed by atoms with van der Waals surface area (Å²) in [5.41, 5.74) is 2.47. The van der Waals surface area contributed by atoms with E-state index < -0.39 is 0 Å². The summed E-state index contributed by atoms with van der Waals surface area (Å²) in [6.07, 6.45) is 3.39. The van der Waals surface area contributed by atoms with Crippen LogP contribution in [0.5, 0.6) is 0 Å². The van der Waals surface area contributed by atoms with E-state index in [0.717, 1.165) is 43.1 Å². The van der Waals surface area contributed by atoms with Crippen molar-refractivity contribution >= 4 is 11.7 Å². The molecule has 3 rings (SSSR count). The molecular formula is C16H22N6O. The van der Waals surface area contributed by atoms with Gasteiger partial charge >= 0.3 is 0 Å². The van der Waals surface area contributed by atoms with Gasteiger partial charge in [-0.15, -0.1) is 0 Å². The standard InChI is InChI=1S/C16H22N6O/c1-11-9-15(18-10-17-11)19-13-4-6-22(7-5-13)16(23)14-8-12(2)20-21(14)3/h8-10,13H,4-7H2,1-3H3,(H,17,18,19). The van der Waals surface area contributed by atoms with Crippen molar-refractivity contribution in [2.24, 2.45) is 7.05 Å². The Balaban J connectivity index is 1.58. The molecule has 3 heterocycles. The maximum absolute atomic E-state index is 12.6. The third-order valence-corrected chi connectivity index (χ3v) is 4.16. The largest absolute Gasteiger partial charge is 0.367 e. The quantitative estimate of drug-likeness (QED) is 0.930. The lowest BCUT2D eigenvalue weighted by Crippen LogP contribution is -2.43. The van der Waals surface area contributed by atoms with Crippen LogP contribution in [0.2, 0.25) is 0 Å². The number of anilines is 1. The Morgan fingerprint density at radius 1 is 1.17 bits per heavy atom. The van der Waals surface area contributed by atoms with Crippen LogP contribution in [0.4, 0.5) is 5.82 Å². The zero-order valence-electron chi connectivity index (χ0n) is 13.8. The van der Waals surface area contributed by atoms with Crippen LogP contribution in [-0.4, -0.2) is 49.7 Å². The summed E-state index contributed by atoms with van der Waals surface area (Å²) in [6.45, 7) is 5.33. The number of nitrogens with one attached hydrogen (secondary N) is 1. The Morgan fingerprint density at radius 2 is 1.91 bits per heavy atom. The van der Waals surface area contributed by atoms with Crippen LogP contribution in [0.3, 0.4) is 0 Å². The van der Waals surface area contributed by atoms with Gasteiger partial charge in [-0.05, 0) is 32.8 Å². The maximum Gasteiger partial charge on any atom is 0.272 e. The highest BCUT2D eigenvalue weighted by Crippen LogP contribution is 2.17. The number of nitrogens with zero attached hydrogens (tertiary/aromatic N) is 5. The van der Waals surface area contributed by atoms with Gasteiger partial charge in [0.2, 0.25) is 0 Å². The van der Waals surface area contributed by atoms with Gasteiger partial charge in [-0.1, -0.05) is 0 Å². The van der Waals surface area contributed by atoms with Crippen molar-refractivity contribution in [2.75, 3.05) is 18.4 Å². The SMILES string of the molecule is Cc1cc(NC2CCN(C(=O)c3cc(C)nn3C)CC2)ncn1. The van der Waals surface area contributed by atoms with Crippen LogP contribution in [0.1, 0.15) is 34.7 Å². The summed E-state index contributed by atoms with van der Waals surface area (Å²) >= 11 is 0. The average molecular weight is 314 g/mol. The van der Waals surface area contributed by atoms with E-state index in [-0.39, 0.29) is 5.91 Å². The second kappa shape index (κ2) is 6.36. The molecule has 0 aromatic carbocycles. The lowest BCUT2D eigenvalue weighted by Gasteiger charge is -2.32. The zero-order chi connectivity index (χ0) is 16.4. The highest BCUT2D eigenvalue weighted by molar-refractivity contribution is 5.92. The number of aryl methyl sites for hydroxylation is 3. The van der Waals surface area contributed by atoms with Crippen LogP contribution < -0.4 is 5.32 Å². The van der Waals surface area contributed by atoms with Crippen LogP contribution in [0.15, 0.2) is 18.5 Å². The minimum atomic E-state index is 0.0597. The molecule has 23 heavy (non-hydrogen) atoms. The molecule has 2 aromatic rings. The van der Waals surface area contributed by atoms with Crippen molar-refractivity contribution in [3.63, 3.8) is 0 Å². The van der Waals surface area contributed by atoms with Crippen molar-refractivity contribution in [3.8, 4) is 0 Å². The van der Waals surface area contributed by atoms with Crippen LogP contribution in [0, 0.1) is 13.8 Å². The number of hydrogen-bond donors (Lipinski definition) is 1. The number of hydrogen-bond acceptors (Lipinski definition) is 5. The summed E-state index contributed by atoms with van der Waals surface area (Å²) in [6, 6.07) is 4.12. The van der Waals surface area contributed by atoms with Crippen molar-refractivity contribution in [1.82, 2.24) is 24.6 Å². The molecule has 0 unspecified atom stereocenters. The van der Waals surface area contributed by atoms with Crippen LogP contribution in [-0.2, 0) is 7.05 Å². The van der Waals surface area contributed by atoms with E-state index in [1.54, 1.807) is 11.0 Å². The number of likely N-dealkylation sites (tertiary alicyclic amines) is 1. The van der Waals surface area contributed by atoms with Gasteiger partial charge in [0.05, 0.1) is 5.69 Å². The van der Waals surface area contributed by atoms with Gasteiger partial charge < -0.3 is 10.2 Å². The first-order valence-electron chi connectivity index (χ1n) is 7.88. The van der Waals surface area contributed by atoms with Crippen molar-refractivity contribution in [3.05, 3.63) is 35.5 Å². The fraction of sp³-hybridized carbons (Fsp3) is 0.500. The molecule has 2 aromatic heterocycles. The number of aromatic nitrogens is 4. The van der Waals surface area contributed by atoms with Crippen LogP contribution >= 0.6 is 0 Å². The molecule has 0 spiro atoms. The summed E-state index contributed by atoms with van der Waals surface area (Å²) in [7, 11) is 1.81. The Hall–Kier alpha value is -2.44. The molecular weight excluding hydrogens is 292 g/mol. The minimum absolute atomic E-state index is 0.0597. The highest BCUT2D eigenvalue weighted by atomic mass is 16.2. The highest BCUT2D eigenvalue weighted by Gasteiger charge is 2.25. The second-order valence-corrected chi connectivity index (χ2v) is 6.05. The van der Waals surface area contributed by atoms with E-state index >= 15 is 0 Å². The van der Waals surface area contributed by atoms with E-state index in [2.05, 4.69) is 20.4 Å². The zero-order valence-corrected chi connectivity index (χ0v) is 13.8. The summed E-state index contributed by atoms with van der Waals surface area (Å²) in [5, 5.41) is 7.68. The molecule has 7 nitrogen and oxygen atoms in total. The minimum Gasteiger partial charge on any atom is -0.367 e.